The molecule has 0 bridgehead atoms. The molecule has 0 saturated heterocycles. The van der Waals surface area contributed by atoms with Gasteiger partial charge in [0.25, 0.3) is 0 Å². The van der Waals surface area contributed by atoms with Crippen molar-refractivity contribution in [1.82, 2.24) is 19.2 Å². The summed E-state index contributed by atoms with van der Waals surface area (Å²) in [7, 11) is 0. The van der Waals surface area contributed by atoms with Gasteiger partial charge in [-0.05, 0) is 31.2 Å². The molecule has 5 nitrogen and oxygen atoms in total. The Morgan fingerprint density at radius 1 is 1.04 bits per heavy atom. The van der Waals surface area contributed by atoms with Crippen molar-refractivity contribution < 1.29 is 4.74 Å². The zero-order valence-corrected chi connectivity index (χ0v) is 13.4. The van der Waals surface area contributed by atoms with Crippen LogP contribution in [0.25, 0.3) is 16.8 Å². The molecule has 0 N–H and O–H groups in total. The number of aryl methyl sites for hydroxylation is 1. The Balaban J connectivity index is 1.66. The van der Waals surface area contributed by atoms with Crippen molar-refractivity contribution in [2.24, 2.45) is 0 Å². The van der Waals surface area contributed by atoms with Gasteiger partial charge in [-0.25, -0.2) is 0 Å². The summed E-state index contributed by atoms with van der Waals surface area (Å²) in [5.74, 6) is 2.28. The number of rotatable bonds is 4. The molecular weight excluding hydrogens is 312 g/mol. The Kier molecular flexibility index (Phi) is 3.42. The summed E-state index contributed by atoms with van der Waals surface area (Å²) >= 11 is 6.12. The number of halogens is 1. The summed E-state index contributed by atoms with van der Waals surface area (Å²) in [5.41, 5.74) is 2.13. The number of aromatic nitrogens is 4. The van der Waals surface area contributed by atoms with E-state index in [4.69, 9.17) is 16.3 Å². The lowest BCUT2D eigenvalue weighted by Gasteiger charge is -2.09. The highest BCUT2D eigenvalue weighted by molar-refractivity contribution is 6.32. The van der Waals surface area contributed by atoms with E-state index in [0.29, 0.717) is 23.9 Å². The predicted molar refractivity (Wildman–Crippen MR) is 90.2 cm³/mol. The maximum absolute atomic E-state index is 6.12. The molecule has 0 spiro atoms. The zero-order chi connectivity index (χ0) is 15.8. The van der Waals surface area contributed by atoms with Crippen LogP contribution in [-0.2, 0) is 6.54 Å². The molecule has 4 aromatic rings. The lowest BCUT2D eigenvalue weighted by atomic mass is 10.3. The van der Waals surface area contributed by atoms with Crippen LogP contribution >= 0.6 is 11.6 Å². The Labute approximate surface area is 138 Å². The van der Waals surface area contributed by atoms with Gasteiger partial charge in [0.2, 0.25) is 5.78 Å². The summed E-state index contributed by atoms with van der Waals surface area (Å²) in [6.07, 6.45) is 0. The van der Waals surface area contributed by atoms with E-state index in [9.17, 15) is 0 Å². The van der Waals surface area contributed by atoms with Crippen molar-refractivity contribution in [2.75, 3.05) is 6.61 Å². The molecule has 0 aliphatic heterocycles. The topological polar surface area (TPSA) is 44.4 Å². The smallest absolute Gasteiger partial charge is 0.233 e. The molecule has 2 aromatic carbocycles. The summed E-state index contributed by atoms with van der Waals surface area (Å²) < 4.78 is 9.80. The number of nitrogens with zero attached hydrogens (tertiary/aromatic N) is 4. The largest absolute Gasteiger partial charge is 0.490 e. The molecule has 23 heavy (non-hydrogen) atoms. The monoisotopic (exact) mass is 326 g/mol. The average Bonchev–Trinajstić information content (AvgIpc) is 3.06. The van der Waals surface area contributed by atoms with E-state index in [2.05, 4.69) is 20.7 Å². The molecule has 0 amide bonds. The maximum atomic E-state index is 6.12. The van der Waals surface area contributed by atoms with Gasteiger partial charge in [-0.3, -0.25) is 0 Å². The second-order valence-corrected chi connectivity index (χ2v) is 5.70. The van der Waals surface area contributed by atoms with Crippen LogP contribution in [0.3, 0.4) is 0 Å². The first-order valence-electron chi connectivity index (χ1n) is 7.42. The summed E-state index contributed by atoms with van der Waals surface area (Å²) in [6, 6.07) is 15.6. The van der Waals surface area contributed by atoms with Gasteiger partial charge in [0.1, 0.15) is 18.2 Å². The number of hydrogen-bond acceptors (Lipinski definition) is 3. The first-order chi connectivity index (χ1) is 11.2. The fourth-order valence-corrected chi connectivity index (χ4v) is 2.94. The zero-order valence-electron chi connectivity index (χ0n) is 12.6. The quantitative estimate of drug-likeness (QED) is 0.574. The summed E-state index contributed by atoms with van der Waals surface area (Å²) in [4.78, 5) is 4.53. The number of imidazole rings is 1. The lowest BCUT2D eigenvalue weighted by Crippen LogP contribution is -2.08. The molecule has 2 heterocycles. The van der Waals surface area contributed by atoms with Gasteiger partial charge >= 0.3 is 0 Å². The Morgan fingerprint density at radius 3 is 2.61 bits per heavy atom. The van der Waals surface area contributed by atoms with Gasteiger partial charge in [0.15, 0.2) is 0 Å². The Bertz CT molecular complexity index is 989. The fourth-order valence-electron chi connectivity index (χ4n) is 2.75. The molecule has 0 atom stereocenters. The van der Waals surface area contributed by atoms with Crippen LogP contribution in [0.15, 0.2) is 48.5 Å². The van der Waals surface area contributed by atoms with Crippen LogP contribution in [0.2, 0.25) is 5.02 Å². The van der Waals surface area contributed by atoms with E-state index < -0.39 is 0 Å². The molecule has 4 rings (SSSR count). The molecule has 0 unspecified atom stereocenters. The minimum Gasteiger partial charge on any atom is -0.490 e. The van der Waals surface area contributed by atoms with Crippen molar-refractivity contribution in [2.45, 2.75) is 13.5 Å². The molecule has 6 heteroatoms. The van der Waals surface area contributed by atoms with Crippen LogP contribution in [0.4, 0.5) is 0 Å². The van der Waals surface area contributed by atoms with Gasteiger partial charge in [0, 0.05) is 0 Å². The molecule has 0 fully saturated rings. The average molecular weight is 327 g/mol. The van der Waals surface area contributed by atoms with E-state index in [1.807, 2.05) is 53.9 Å². The van der Waals surface area contributed by atoms with Gasteiger partial charge in [-0.15, -0.1) is 5.10 Å². The van der Waals surface area contributed by atoms with Crippen LogP contribution < -0.4 is 4.74 Å². The normalized spacial score (nSPS) is 11.4. The SMILES string of the molecule is Cc1nc2n(CCOc3ccccc3Cl)c3ccccc3n2n1. The van der Waals surface area contributed by atoms with E-state index in [-0.39, 0.29) is 0 Å². The number of benzene rings is 2. The Morgan fingerprint density at radius 2 is 1.78 bits per heavy atom. The predicted octanol–water partition coefficient (Wildman–Crippen LogP) is 3.72. The van der Waals surface area contributed by atoms with E-state index in [1.165, 1.54) is 0 Å². The highest BCUT2D eigenvalue weighted by Gasteiger charge is 2.13. The number of ether oxygens (including phenoxy) is 1. The maximum Gasteiger partial charge on any atom is 0.233 e. The summed E-state index contributed by atoms with van der Waals surface area (Å²) in [5, 5.41) is 5.08. The number of hydrogen-bond donors (Lipinski definition) is 0. The van der Waals surface area contributed by atoms with Crippen molar-refractivity contribution in [3.8, 4) is 5.75 Å². The molecule has 0 aliphatic carbocycles. The molecule has 0 saturated carbocycles. The van der Waals surface area contributed by atoms with Gasteiger partial charge in [0.05, 0.1) is 22.6 Å². The summed E-state index contributed by atoms with van der Waals surface area (Å²) in [6.45, 7) is 3.07. The van der Waals surface area contributed by atoms with Crippen LogP contribution in [-0.4, -0.2) is 25.8 Å². The van der Waals surface area contributed by atoms with E-state index in [0.717, 1.165) is 22.6 Å². The second kappa shape index (κ2) is 5.59. The fraction of sp³-hybridized carbons (Fsp3) is 0.176. The first-order valence-corrected chi connectivity index (χ1v) is 7.80. The first kappa shape index (κ1) is 14.1. The highest BCUT2D eigenvalue weighted by Crippen LogP contribution is 2.24. The van der Waals surface area contributed by atoms with E-state index >= 15 is 0 Å². The van der Waals surface area contributed by atoms with Crippen molar-refractivity contribution in [3.05, 3.63) is 59.4 Å². The molecular formula is C17H15ClN4O. The van der Waals surface area contributed by atoms with E-state index in [1.54, 1.807) is 0 Å². The van der Waals surface area contributed by atoms with Crippen molar-refractivity contribution in [1.29, 1.82) is 0 Å². The van der Waals surface area contributed by atoms with Gasteiger partial charge in [-0.1, -0.05) is 35.9 Å². The Hall–Kier alpha value is -2.53. The molecule has 0 aliphatic rings. The van der Waals surface area contributed by atoms with Crippen LogP contribution in [0, 0.1) is 6.92 Å². The van der Waals surface area contributed by atoms with Crippen molar-refractivity contribution >= 4 is 28.4 Å². The lowest BCUT2D eigenvalue weighted by molar-refractivity contribution is 0.302. The highest BCUT2D eigenvalue weighted by atomic mass is 35.5. The molecule has 0 radical (unpaired) electrons. The van der Waals surface area contributed by atoms with Gasteiger partial charge in [-0.2, -0.15) is 9.50 Å². The number of para-hydroxylation sites is 3. The second-order valence-electron chi connectivity index (χ2n) is 5.29. The minimum atomic E-state index is 0.504. The van der Waals surface area contributed by atoms with Crippen LogP contribution in [0.5, 0.6) is 5.75 Å². The number of fused-ring (bicyclic) bond motifs is 3. The third kappa shape index (κ3) is 2.43. The minimum absolute atomic E-state index is 0.504. The van der Waals surface area contributed by atoms with Crippen LogP contribution in [0.1, 0.15) is 5.82 Å². The molecule has 2 aromatic heterocycles. The third-order valence-corrected chi connectivity index (χ3v) is 4.06. The standard InChI is InChI=1S/C17H15ClN4O/c1-12-19-17-21(10-11-23-16-9-5-2-6-13(16)18)14-7-3-4-8-15(14)22(17)20-12/h2-9H,10-11H2,1H3. The molecule has 116 valence electrons. The van der Waals surface area contributed by atoms with Crippen molar-refractivity contribution in [3.63, 3.8) is 0 Å². The van der Waals surface area contributed by atoms with Gasteiger partial charge < -0.3 is 9.30 Å². The third-order valence-electron chi connectivity index (χ3n) is 3.75.